The van der Waals surface area contributed by atoms with Gasteiger partial charge in [-0.3, -0.25) is 4.79 Å². The maximum Gasteiger partial charge on any atom is 0.240 e. The van der Waals surface area contributed by atoms with Gasteiger partial charge in [0, 0.05) is 18.1 Å². The average Bonchev–Trinajstić information content (AvgIpc) is 2.26. The minimum Gasteiger partial charge on any atom is -0.324 e. The van der Waals surface area contributed by atoms with Gasteiger partial charge in [-0.15, -0.1) is 12.4 Å². The molecule has 1 aliphatic rings. The highest BCUT2D eigenvalue weighted by molar-refractivity contribution is 7.99. The zero-order valence-corrected chi connectivity index (χ0v) is 11.2. The molecule has 2 atom stereocenters. The summed E-state index contributed by atoms with van der Waals surface area (Å²) in [5.74, 6) is 1.63. The van der Waals surface area contributed by atoms with Crippen molar-refractivity contribution < 1.29 is 4.79 Å². The summed E-state index contributed by atoms with van der Waals surface area (Å²) in [6.45, 7) is 4.48. The molecule has 0 aliphatic carbocycles. The lowest BCUT2D eigenvalue weighted by atomic mass is 10.0. The standard InChI is InChI=1S/C10H17N3OS.ClH/c1-7(2)9(12)10(14)13-3-4-15-6-8(13)5-11;/h7-9H,3-4,6,12H2,1-2H3;1H. The van der Waals surface area contributed by atoms with Crippen LogP contribution in [0.5, 0.6) is 0 Å². The first-order chi connectivity index (χ1) is 7.07. The first-order valence-electron chi connectivity index (χ1n) is 5.11. The van der Waals surface area contributed by atoms with Gasteiger partial charge < -0.3 is 10.6 Å². The van der Waals surface area contributed by atoms with Crippen molar-refractivity contribution in [1.82, 2.24) is 4.90 Å². The highest BCUT2D eigenvalue weighted by Crippen LogP contribution is 2.17. The van der Waals surface area contributed by atoms with Gasteiger partial charge in [0.05, 0.1) is 12.1 Å². The van der Waals surface area contributed by atoms with Gasteiger partial charge in [-0.1, -0.05) is 13.8 Å². The molecule has 6 heteroatoms. The van der Waals surface area contributed by atoms with Gasteiger partial charge in [-0.2, -0.15) is 17.0 Å². The Balaban J connectivity index is 0.00000225. The van der Waals surface area contributed by atoms with Crippen LogP contribution < -0.4 is 5.73 Å². The van der Waals surface area contributed by atoms with Crippen molar-refractivity contribution in [2.24, 2.45) is 11.7 Å². The summed E-state index contributed by atoms with van der Waals surface area (Å²) in [7, 11) is 0. The highest BCUT2D eigenvalue weighted by Gasteiger charge is 2.31. The molecule has 0 bridgehead atoms. The van der Waals surface area contributed by atoms with Crippen LogP contribution in [0.15, 0.2) is 0 Å². The summed E-state index contributed by atoms with van der Waals surface area (Å²) >= 11 is 1.71. The minimum atomic E-state index is -0.482. The normalized spacial score (nSPS) is 22.2. The zero-order chi connectivity index (χ0) is 11.4. The number of amides is 1. The van der Waals surface area contributed by atoms with E-state index in [1.54, 1.807) is 16.7 Å². The summed E-state index contributed by atoms with van der Waals surface area (Å²) in [5, 5.41) is 8.93. The summed E-state index contributed by atoms with van der Waals surface area (Å²) in [6, 6.07) is 1.37. The Morgan fingerprint density at radius 1 is 1.62 bits per heavy atom. The van der Waals surface area contributed by atoms with E-state index in [-0.39, 0.29) is 30.3 Å². The largest absolute Gasteiger partial charge is 0.324 e. The molecule has 16 heavy (non-hydrogen) atoms. The van der Waals surface area contributed by atoms with Crippen LogP contribution in [-0.2, 0) is 4.79 Å². The first-order valence-corrected chi connectivity index (χ1v) is 6.26. The second-order valence-electron chi connectivity index (χ2n) is 4.02. The van der Waals surface area contributed by atoms with E-state index in [1.807, 2.05) is 13.8 Å². The summed E-state index contributed by atoms with van der Waals surface area (Å²) < 4.78 is 0. The van der Waals surface area contributed by atoms with Crippen LogP contribution in [0.25, 0.3) is 0 Å². The fourth-order valence-corrected chi connectivity index (χ4v) is 2.42. The summed E-state index contributed by atoms with van der Waals surface area (Å²) in [4.78, 5) is 13.6. The SMILES string of the molecule is CC(C)C(N)C(=O)N1CCSCC1C#N.Cl. The van der Waals surface area contributed by atoms with E-state index in [2.05, 4.69) is 6.07 Å². The van der Waals surface area contributed by atoms with E-state index in [1.165, 1.54) is 0 Å². The van der Waals surface area contributed by atoms with Gasteiger partial charge in [0.2, 0.25) is 5.91 Å². The number of carbonyl (C=O) groups excluding carboxylic acids is 1. The number of nitrogens with zero attached hydrogens (tertiary/aromatic N) is 2. The third-order valence-electron chi connectivity index (χ3n) is 2.56. The van der Waals surface area contributed by atoms with Crippen molar-refractivity contribution in [2.75, 3.05) is 18.1 Å². The van der Waals surface area contributed by atoms with Crippen molar-refractivity contribution in [3.63, 3.8) is 0 Å². The number of rotatable bonds is 2. The van der Waals surface area contributed by atoms with E-state index < -0.39 is 6.04 Å². The highest BCUT2D eigenvalue weighted by atomic mass is 35.5. The second-order valence-corrected chi connectivity index (χ2v) is 5.17. The maximum absolute atomic E-state index is 11.9. The number of thioether (sulfide) groups is 1. The Bertz CT molecular complexity index is 280. The topological polar surface area (TPSA) is 70.1 Å². The third-order valence-corrected chi connectivity index (χ3v) is 3.59. The lowest BCUT2D eigenvalue weighted by molar-refractivity contribution is -0.134. The quantitative estimate of drug-likeness (QED) is 0.802. The van der Waals surface area contributed by atoms with Gasteiger partial charge in [-0.05, 0) is 5.92 Å². The van der Waals surface area contributed by atoms with Crippen LogP contribution in [-0.4, -0.2) is 40.9 Å². The molecule has 0 aromatic heterocycles. The monoisotopic (exact) mass is 263 g/mol. The van der Waals surface area contributed by atoms with E-state index in [9.17, 15) is 4.79 Å². The van der Waals surface area contributed by atoms with Crippen molar-refractivity contribution in [2.45, 2.75) is 25.9 Å². The summed E-state index contributed by atoms with van der Waals surface area (Å²) in [5.41, 5.74) is 5.80. The molecular weight excluding hydrogens is 246 g/mol. The van der Waals surface area contributed by atoms with Crippen molar-refractivity contribution >= 4 is 30.1 Å². The molecule has 0 aromatic rings. The predicted molar refractivity (Wildman–Crippen MR) is 68.5 cm³/mol. The van der Waals surface area contributed by atoms with E-state index in [4.69, 9.17) is 11.0 Å². The molecule has 4 nitrogen and oxygen atoms in total. The minimum absolute atomic E-state index is 0. The van der Waals surface area contributed by atoms with E-state index in [0.29, 0.717) is 12.3 Å². The number of nitriles is 1. The number of hydrogen-bond acceptors (Lipinski definition) is 4. The van der Waals surface area contributed by atoms with Crippen LogP contribution >= 0.6 is 24.2 Å². The number of carbonyl (C=O) groups is 1. The Kier molecular flexibility index (Phi) is 6.81. The molecule has 0 spiro atoms. The van der Waals surface area contributed by atoms with Crippen molar-refractivity contribution in [3.8, 4) is 6.07 Å². The fourth-order valence-electron chi connectivity index (χ4n) is 1.45. The molecular formula is C10H18ClN3OS. The maximum atomic E-state index is 11.9. The van der Waals surface area contributed by atoms with Gasteiger partial charge in [0.1, 0.15) is 6.04 Å². The Morgan fingerprint density at radius 3 is 2.75 bits per heavy atom. The number of halogens is 1. The van der Waals surface area contributed by atoms with Crippen molar-refractivity contribution in [3.05, 3.63) is 0 Å². The molecule has 1 aliphatic heterocycles. The van der Waals surface area contributed by atoms with Gasteiger partial charge in [0.25, 0.3) is 0 Å². The van der Waals surface area contributed by atoms with Gasteiger partial charge in [0.15, 0.2) is 0 Å². The van der Waals surface area contributed by atoms with Crippen LogP contribution in [0.4, 0.5) is 0 Å². The van der Waals surface area contributed by atoms with Crippen molar-refractivity contribution in [1.29, 1.82) is 5.26 Å². The average molecular weight is 264 g/mol. The van der Waals surface area contributed by atoms with E-state index >= 15 is 0 Å². The number of nitrogens with two attached hydrogens (primary N) is 1. The van der Waals surface area contributed by atoms with E-state index in [0.717, 1.165) is 5.75 Å². The Hall–Kier alpha value is -0.440. The fraction of sp³-hybridized carbons (Fsp3) is 0.800. The molecule has 92 valence electrons. The lowest BCUT2D eigenvalue weighted by Gasteiger charge is -2.33. The molecule has 1 fully saturated rings. The molecule has 2 N–H and O–H groups in total. The molecule has 1 saturated heterocycles. The lowest BCUT2D eigenvalue weighted by Crippen LogP contribution is -2.53. The molecule has 1 rings (SSSR count). The van der Waals surface area contributed by atoms with Gasteiger partial charge >= 0.3 is 0 Å². The molecule has 1 amide bonds. The Labute approximate surface area is 107 Å². The van der Waals surface area contributed by atoms with Gasteiger partial charge in [-0.25, -0.2) is 0 Å². The molecule has 1 heterocycles. The second kappa shape index (κ2) is 7.00. The molecule has 2 unspecified atom stereocenters. The summed E-state index contributed by atoms with van der Waals surface area (Å²) in [6.07, 6.45) is 0. The van der Waals surface area contributed by atoms with Crippen LogP contribution in [0.1, 0.15) is 13.8 Å². The molecule has 0 saturated carbocycles. The zero-order valence-electron chi connectivity index (χ0n) is 9.55. The smallest absolute Gasteiger partial charge is 0.240 e. The third kappa shape index (κ3) is 3.55. The van der Waals surface area contributed by atoms with Crippen LogP contribution in [0, 0.1) is 17.2 Å². The molecule has 0 aromatic carbocycles. The number of hydrogen-bond donors (Lipinski definition) is 1. The first kappa shape index (κ1) is 15.6. The Morgan fingerprint density at radius 2 is 2.25 bits per heavy atom. The van der Waals surface area contributed by atoms with Crippen LogP contribution in [0.3, 0.4) is 0 Å². The van der Waals surface area contributed by atoms with Crippen LogP contribution in [0.2, 0.25) is 0 Å². The predicted octanol–water partition coefficient (Wildman–Crippen LogP) is 0.859. The molecule has 0 radical (unpaired) electrons.